The Bertz CT molecular complexity index is 880. The Labute approximate surface area is 142 Å². The number of nitrogens with one attached hydrogen (secondary N) is 1. The zero-order valence-electron chi connectivity index (χ0n) is 12.3. The summed E-state index contributed by atoms with van der Waals surface area (Å²) in [5.74, 6) is 0.129. The van der Waals surface area contributed by atoms with E-state index in [2.05, 4.69) is 5.43 Å². The molecule has 0 radical (unpaired) electrons. The molecule has 0 atom stereocenters. The van der Waals surface area contributed by atoms with Crippen LogP contribution in [-0.2, 0) is 9.59 Å². The third-order valence-electron chi connectivity index (χ3n) is 3.70. The molecule has 7 heteroatoms. The zero-order chi connectivity index (χ0) is 16.7. The highest BCUT2D eigenvalue weighted by molar-refractivity contribution is 6.34. The number of carbonyl (C=O) groups is 2. The number of rotatable bonds is 2. The van der Waals surface area contributed by atoms with Crippen LogP contribution in [0, 0.1) is 0 Å². The van der Waals surface area contributed by atoms with Gasteiger partial charge in [-0.05, 0) is 29.8 Å². The van der Waals surface area contributed by atoms with E-state index in [-0.39, 0.29) is 12.4 Å². The van der Waals surface area contributed by atoms with Crippen molar-refractivity contribution in [2.45, 2.75) is 0 Å². The van der Waals surface area contributed by atoms with Crippen LogP contribution in [0.5, 0.6) is 11.5 Å². The van der Waals surface area contributed by atoms with Gasteiger partial charge in [-0.25, -0.2) is 5.01 Å². The number of hydrazine groups is 1. The van der Waals surface area contributed by atoms with Crippen molar-refractivity contribution < 1.29 is 19.1 Å². The van der Waals surface area contributed by atoms with Crippen molar-refractivity contribution >= 4 is 35.2 Å². The maximum absolute atomic E-state index is 12.5. The number of hydrogen-bond donors (Lipinski definition) is 1. The van der Waals surface area contributed by atoms with E-state index in [9.17, 15) is 9.59 Å². The molecule has 0 bridgehead atoms. The van der Waals surface area contributed by atoms with E-state index in [1.54, 1.807) is 36.4 Å². The average molecular weight is 343 g/mol. The predicted molar refractivity (Wildman–Crippen MR) is 87.6 cm³/mol. The quantitative estimate of drug-likeness (QED) is 0.672. The maximum Gasteiger partial charge on any atom is 0.282 e. The number of amides is 2. The smallest absolute Gasteiger partial charge is 0.282 e. The summed E-state index contributed by atoms with van der Waals surface area (Å²) in [4.78, 5) is 24.7. The molecule has 2 heterocycles. The molecule has 1 N–H and O–H groups in total. The van der Waals surface area contributed by atoms with Crippen LogP contribution in [0.3, 0.4) is 0 Å². The first-order valence-corrected chi connectivity index (χ1v) is 7.52. The number of benzene rings is 2. The highest BCUT2D eigenvalue weighted by Crippen LogP contribution is 2.37. The van der Waals surface area contributed by atoms with Crippen LogP contribution >= 0.6 is 11.6 Å². The van der Waals surface area contributed by atoms with Crippen molar-refractivity contribution in [3.8, 4) is 11.5 Å². The summed E-state index contributed by atoms with van der Waals surface area (Å²) in [6.45, 7) is 0.118. The summed E-state index contributed by atoms with van der Waals surface area (Å²) in [5, 5.41) is 1.57. The van der Waals surface area contributed by atoms with E-state index in [4.69, 9.17) is 21.1 Å². The van der Waals surface area contributed by atoms with Gasteiger partial charge in [-0.2, -0.15) is 0 Å². The molecule has 0 saturated carbocycles. The van der Waals surface area contributed by atoms with Crippen LogP contribution in [0.2, 0.25) is 5.02 Å². The minimum Gasteiger partial charge on any atom is -0.454 e. The average Bonchev–Trinajstić information content (AvgIpc) is 3.14. The summed E-state index contributed by atoms with van der Waals surface area (Å²) in [6, 6.07) is 12.1. The van der Waals surface area contributed by atoms with Crippen LogP contribution in [0.4, 0.5) is 5.69 Å². The van der Waals surface area contributed by atoms with E-state index in [1.165, 1.54) is 11.1 Å². The van der Waals surface area contributed by atoms with Crippen LogP contribution < -0.4 is 19.9 Å². The maximum atomic E-state index is 12.5. The van der Waals surface area contributed by atoms with Crippen LogP contribution in [-0.4, -0.2) is 18.6 Å². The van der Waals surface area contributed by atoms with Gasteiger partial charge in [0, 0.05) is 6.07 Å². The molecule has 6 nitrogen and oxygen atoms in total. The topological polar surface area (TPSA) is 67.9 Å². The van der Waals surface area contributed by atoms with Gasteiger partial charge in [0.15, 0.2) is 11.5 Å². The van der Waals surface area contributed by atoms with Crippen LogP contribution in [0.15, 0.2) is 48.0 Å². The number of ether oxygens (including phenoxy) is 2. The Morgan fingerprint density at radius 2 is 1.79 bits per heavy atom. The van der Waals surface area contributed by atoms with Crippen molar-refractivity contribution in [3.63, 3.8) is 0 Å². The number of carbonyl (C=O) groups excluding carboxylic acids is 2. The molecular formula is C17H11ClN2O4. The lowest BCUT2D eigenvalue weighted by Crippen LogP contribution is -2.35. The summed E-state index contributed by atoms with van der Waals surface area (Å²) >= 11 is 6.20. The van der Waals surface area contributed by atoms with Gasteiger partial charge < -0.3 is 9.47 Å². The number of hydrogen-bond acceptors (Lipinski definition) is 4. The van der Waals surface area contributed by atoms with Gasteiger partial charge >= 0.3 is 0 Å². The minimum absolute atomic E-state index is 0.000353. The number of nitrogens with zero attached hydrogens (tertiary/aromatic N) is 1. The zero-order valence-corrected chi connectivity index (χ0v) is 13.0. The third-order valence-corrected chi connectivity index (χ3v) is 4.02. The summed E-state index contributed by atoms with van der Waals surface area (Å²) in [7, 11) is 0. The van der Waals surface area contributed by atoms with Crippen molar-refractivity contribution in [3.05, 3.63) is 58.6 Å². The van der Waals surface area contributed by atoms with Crippen molar-refractivity contribution in [2.75, 3.05) is 11.8 Å². The molecule has 2 aliphatic heterocycles. The highest BCUT2D eigenvalue weighted by Gasteiger charge is 2.34. The van der Waals surface area contributed by atoms with Crippen LogP contribution in [0.1, 0.15) is 5.56 Å². The second-order valence-electron chi connectivity index (χ2n) is 5.20. The number of halogens is 1. The molecule has 0 unspecified atom stereocenters. The Kier molecular flexibility index (Phi) is 3.39. The molecule has 4 rings (SSSR count). The standard InChI is InChI=1S/C17H11ClN2O4/c18-13-8-15-14(23-9-24-15)7-10(13)6-12-16(21)19-20(17(12)22)11-4-2-1-3-5-11/h1-8H,9H2,(H,19,21)/b12-6-. The first kappa shape index (κ1) is 14.6. The number of fused-ring (bicyclic) bond motifs is 1. The molecule has 24 heavy (non-hydrogen) atoms. The molecule has 1 fully saturated rings. The molecule has 2 aromatic rings. The lowest BCUT2D eigenvalue weighted by Gasteiger charge is -2.13. The van der Waals surface area contributed by atoms with E-state index in [1.807, 2.05) is 6.07 Å². The largest absolute Gasteiger partial charge is 0.454 e. The monoisotopic (exact) mass is 342 g/mol. The Morgan fingerprint density at radius 1 is 1.08 bits per heavy atom. The van der Waals surface area contributed by atoms with Gasteiger partial charge in [0.1, 0.15) is 5.57 Å². The van der Waals surface area contributed by atoms with Gasteiger partial charge in [-0.15, -0.1) is 0 Å². The Hall–Kier alpha value is -2.99. The molecule has 1 saturated heterocycles. The Morgan fingerprint density at radius 3 is 2.54 bits per heavy atom. The molecule has 120 valence electrons. The summed E-state index contributed by atoms with van der Waals surface area (Å²) in [6.07, 6.45) is 1.45. The first-order valence-electron chi connectivity index (χ1n) is 7.15. The van der Waals surface area contributed by atoms with Crippen molar-refractivity contribution in [1.82, 2.24) is 5.43 Å². The van der Waals surface area contributed by atoms with Crippen LogP contribution in [0.25, 0.3) is 6.08 Å². The van der Waals surface area contributed by atoms with Crippen molar-refractivity contribution in [2.24, 2.45) is 0 Å². The van der Waals surface area contributed by atoms with E-state index >= 15 is 0 Å². The van der Waals surface area contributed by atoms with E-state index < -0.39 is 11.8 Å². The fourth-order valence-electron chi connectivity index (χ4n) is 2.52. The van der Waals surface area contributed by atoms with Gasteiger partial charge in [0.25, 0.3) is 11.8 Å². The SMILES string of the molecule is O=C1NN(c2ccccc2)C(=O)/C1=C\c1cc2c(cc1Cl)OCO2. The predicted octanol–water partition coefficient (Wildman–Crippen LogP) is 2.53. The van der Waals surface area contributed by atoms with Gasteiger partial charge in [0.2, 0.25) is 6.79 Å². The normalized spacial score (nSPS) is 17.5. The fourth-order valence-corrected chi connectivity index (χ4v) is 2.72. The molecule has 0 aromatic heterocycles. The fraction of sp³-hybridized carbons (Fsp3) is 0.0588. The number of anilines is 1. The number of para-hydroxylation sites is 1. The first-order chi connectivity index (χ1) is 11.6. The Balaban J connectivity index is 1.71. The molecule has 2 amide bonds. The van der Waals surface area contributed by atoms with E-state index in [0.29, 0.717) is 27.8 Å². The minimum atomic E-state index is -0.488. The van der Waals surface area contributed by atoms with Gasteiger partial charge in [-0.1, -0.05) is 29.8 Å². The summed E-state index contributed by atoms with van der Waals surface area (Å²) in [5.41, 5.74) is 3.63. The van der Waals surface area contributed by atoms with Gasteiger partial charge in [0.05, 0.1) is 10.7 Å². The molecule has 2 aliphatic rings. The van der Waals surface area contributed by atoms with Gasteiger partial charge in [-0.3, -0.25) is 15.0 Å². The van der Waals surface area contributed by atoms with E-state index in [0.717, 1.165) is 0 Å². The molecule has 0 spiro atoms. The van der Waals surface area contributed by atoms with Crippen molar-refractivity contribution in [1.29, 1.82) is 0 Å². The molecule has 2 aromatic carbocycles. The molecular weight excluding hydrogens is 332 g/mol. The molecule has 0 aliphatic carbocycles. The third kappa shape index (κ3) is 2.37. The second kappa shape index (κ2) is 5.58. The lowest BCUT2D eigenvalue weighted by molar-refractivity contribution is -0.117. The highest BCUT2D eigenvalue weighted by atomic mass is 35.5. The second-order valence-corrected chi connectivity index (χ2v) is 5.61. The summed E-state index contributed by atoms with van der Waals surface area (Å²) < 4.78 is 10.5. The lowest BCUT2D eigenvalue weighted by atomic mass is 10.1.